The number of fused-ring (bicyclic) bond motifs is 1. The van der Waals surface area contributed by atoms with E-state index >= 15 is 0 Å². The van der Waals surface area contributed by atoms with Gasteiger partial charge in [0.1, 0.15) is 0 Å². The SMILES string of the molecule is CC(C)N(CCCO)c1ccc2c(c1)NC(=O)C2O. The van der Waals surface area contributed by atoms with Crippen molar-refractivity contribution < 1.29 is 15.0 Å². The molecule has 0 spiro atoms. The summed E-state index contributed by atoms with van der Waals surface area (Å²) in [6, 6.07) is 5.86. The minimum Gasteiger partial charge on any atom is -0.396 e. The molecule has 1 aliphatic heterocycles. The summed E-state index contributed by atoms with van der Waals surface area (Å²) in [4.78, 5) is 13.6. The summed E-state index contributed by atoms with van der Waals surface area (Å²) in [5.74, 6) is -0.376. The smallest absolute Gasteiger partial charge is 0.257 e. The maximum atomic E-state index is 11.4. The summed E-state index contributed by atoms with van der Waals surface area (Å²) >= 11 is 0. The Morgan fingerprint density at radius 1 is 1.42 bits per heavy atom. The predicted octanol–water partition coefficient (Wildman–Crippen LogP) is 1.27. The molecule has 0 aliphatic carbocycles. The quantitative estimate of drug-likeness (QED) is 0.749. The Kier molecular flexibility index (Phi) is 4.07. The van der Waals surface area contributed by atoms with Crippen molar-refractivity contribution in [2.24, 2.45) is 0 Å². The van der Waals surface area contributed by atoms with Crippen molar-refractivity contribution in [3.63, 3.8) is 0 Å². The van der Waals surface area contributed by atoms with E-state index in [0.29, 0.717) is 23.7 Å². The molecule has 5 nitrogen and oxygen atoms in total. The first-order valence-electron chi connectivity index (χ1n) is 6.55. The number of nitrogens with one attached hydrogen (secondary N) is 1. The fourth-order valence-electron chi connectivity index (χ4n) is 2.34. The van der Waals surface area contributed by atoms with Crippen LogP contribution in [-0.2, 0) is 4.79 Å². The van der Waals surface area contributed by atoms with Crippen LogP contribution in [0.3, 0.4) is 0 Å². The second-order valence-corrected chi connectivity index (χ2v) is 5.03. The first-order valence-corrected chi connectivity index (χ1v) is 6.55. The normalized spacial score (nSPS) is 17.5. The minimum absolute atomic E-state index is 0.156. The summed E-state index contributed by atoms with van der Waals surface area (Å²) in [5.41, 5.74) is 2.28. The van der Waals surface area contributed by atoms with Gasteiger partial charge in [-0.15, -0.1) is 0 Å². The van der Waals surface area contributed by atoms with Crippen LogP contribution < -0.4 is 10.2 Å². The van der Waals surface area contributed by atoms with Crippen LogP contribution in [0, 0.1) is 0 Å². The van der Waals surface area contributed by atoms with Gasteiger partial charge >= 0.3 is 0 Å². The Balaban J connectivity index is 2.26. The lowest BCUT2D eigenvalue weighted by Crippen LogP contribution is -2.32. The Morgan fingerprint density at radius 2 is 2.16 bits per heavy atom. The molecule has 1 unspecified atom stereocenters. The third-order valence-corrected chi connectivity index (χ3v) is 3.35. The molecule has 0 radical (unpaired) electrons. The average Bonchev–Trinajstić information content (AvgIpc) is 2.65. The highest BCUT2D eigenvalue weighted by molar-refractivity contribution is 6.02. The van der Waals surface area contributed by atoms with Crippen LogP contribution in [0.4, 0.5) is 11.4 Å². The molecule has 1 aromatic carbocycles. The largest absolute Gasteiger partial charge is 0.396 e. The van der Waals surface area contributed by atoms with Gasteiger partial charge in [-0.05, 0) is 32.4 Å². The Bertz CT molecular complexity index is 474. The molecule has 0 saturated carbocycles. The predicted molar refractivity (Wildman–Crippen MR) is 74.2 cm³/mol. The number of nitrogens with zero attached hydrogens (tertiary/aromatic N) is 1. The van der Waals surface area contributed by atoms with Gasteiger partial charge in [-0.3, -0.25) is 4.79 Å². The highest BCUT2D eigenvalue weighted by atomic mass is 16.3. The number of hydrogen-bond acceptors (Lipinski definition) is 4. The van der Waals surface area contributed by atoms with E-state index in [4.69, 9.17) is 5.11 Å². The third kappa shape index (κ3) is 2.72. The summed E-state index contributed by atoms with van der Waals surface area (Å²) in [7, 11) is 0. The molecule has 104 valence electrons. The van der Waals surface area contributed by atoms with E-state index in [1.807, 2.05) is 12.1 Å². The highest BCUT2D eigenvalue weighted by Crippen LogP contribution is 2.34. The lowest BCUT2D eigenvalue weighted by molar-refractivity contribution is -0.123. The fourth-order valence-corrected chi connectivity index (χ4v) is 2.34. The Labute approximate surface area is 112 Å². The average molecular weight is 264 g/mol. The molecule has 0 aromatic heterocycles. The summed E-state index contributed by atoms with van der Waals surface area (Å²) < 4.78 is 0. The lowest BCUT2D eigenvalue weighted by atomic mass is 10.1. The van der Waals surface area contributed by atoms with Crippen LogP contribution in [0.15, 0.2) is 18.2 Å². The molecule has 1 amide bonds. The first-order chi connectivity index (χ1) is 9.04. The second-order valence-electron chi connectivity index (χ2n) is 5.03. The molecule has 1 aliphatic rings. The zero-order valence-electron chi connectivity index (χ0n) is 11.3. The zero-order chi connectivity index (χ0) is 14.0. The number of carbonyl (C=O) groups is 1. The van der Waals surface area contributed by atoms with Crippen LogP contribution in [0.2, 0.25) is 0 Å². The van der Waals surface area contributed by atoms with E-state index in [-0.39, 0.29) is 12.5 Å². The molecule has 1 atom stereocenters. The number of benzene rings is 1. The van der Waals surface area contributed by atoms with Crippen molar-refractivity contribution in [1.29, 1.82) is 0 Å². The number of carbonyl (C=O) groups excluding carboxylic acids is 1. The number of aliphatic hydroxyl groups excluding tert-OH is 2. The monoisotopic (exact) mass is 264 g/mol. The maximum absolute atomic E-state index is 11.4. The number of rotatable bonds is 5. The summed E-state index contributed by atoms with van der Waals surface area (Å²) in [6.45, 7) is 5.07. The van der Waals surface area contributed by atoms with Gasteiger partial charge in [0.2, 0.25) is 0 Å². The van der Waals surface area contributed by atoms with E-state index in [0.717, 1.165) is 12.2 Å². The molecule has 1 aromatic rings. The molecule has 3 N–H and O–H groups in total. The van der Waals surface area contributed by atoms with Gasteiger partial charge in [0, 0.05) is 36.1 Å². The molecule has 1 heterocycles. The van der Waals surface area contributed by atoms with Gasteiger partial charge in [0.25, 0.3) is 5.91 Å². The van der Waals surface area contributed by atoms with E-state index in [1.165, 1.54) is 0 Å². The Hall–Kier alpha value is -1.59. The van der Waals surface area contributed by atoms with E-state index in [2.05, 4.69) is 24.1 Å². The van der Waals surface area contributed by atoms with Gasteiger partial charge in [-0.1, -0.05) is 6.07 Å². The molecule has 0 bridgehead atoms. The zero-order valence-corrected chi connectivity index (χ0v) is 11.3. The highest BCUT2D eigenvalue weighted by Gasteiger charge is 2.28. The van der Waals surface area contributed by atoms with Crippen LogP contribution in [-0.4, -0.2) is 35.3 Å². The van der Waals surface area contributed by atoms with Gasteiger partial charge < -0.3 is 20.4 Å². The van der Waals surface area contributed by atoms with Gasteiger partial charge in [-0.25, -0.2) is 0 Å². The standard InChI is InChI=1S/C14H20N2O3/c1-9(2)16(6-3-7-17)10-4-5-11-12(8-10)15-14(19)13(11)18/h4-5,8-9,13,17-18H,3,6-7H2,1-2H3,(H,15,19). The van der Waals surface area contributed by atoms with E-state index in [1.54, 1.807) is 6.07 Å². The van der Waals surface area contributed by atoms with Crippen LogP contribution in [0.25, 0.3) is 0 Å². The molecule has 0 saturated heterocycles. The summed E-state index contributed by atoms with van der Waals surface area (Å²) in [6.07, 6.45) is -0.362. The van der Waals surface area contributed by atoms with Gasteiger partial charge in [-0.2, -0.15) is 0 Å². The topological polar surface area (TPSA) is 72.8 Å². The van der Waals surface area contributed by atoms with E-state index in [9.17, 15) is 9.90 Å². The Morgan fingerprint density at radius 3 is 2.79 bits per heavy atom. The number of amides is 1. The van der Waals surface area contributed by atoms with E-state index < -0.39 is 6.10 Å². The van der Waals surface area contributed by atoms with Crippen LogP contribution >= 0.6 is 0 Å². The van der Waals surface area contributed by atoms with Crippen molar-refractivity contribution in [2.75, 3.05) is 23.4 Å². The maximum Gasteiger partial charge on any atom is 0.257 e. The number of anilines is 2. The van der Waals surface area contributed by atoms with Crippen molar-refractivity contribution in [1.82, 2.24) is 0 Å². The number of aliphatic hydroxyl groups is 2. The number of hydrogen-bond donors (Lipinski definition) is 3. The lowest BCUT2D eigenvalue weighted by Gasteiger charge is -2.29. The molecular formula is C14H20N2O3. The molecule has 19 heavy (non-hydrogen) atoms. The molecular weight excluding hydrogens is 244 g/mol. The first kappa shape index (κ1) is 13.8. The van der Waals surface area contributed by atoms with Gasteiger partial charge in [0.05, 0.1) is 0 Å². The van der Waals surface area contributed by atoms with Crippen molar-refractivity contribution >= 4 is 17.3 Å². The van der Waals surface area contributed by atoms with Crippen molar-refractivity contribution in [3.05, 3.63) is 23.8 Å². The van der Waals surface area contributed by atoms with Crippen LogP contribution in [0.5, 0.6) is 0 Å². The molecule has 0 fully saturated rings. The minimum atomic E-state index is -1.06. The molecule has 5 heteroatoms. The summed E-state index contributed by atoms with van der Waals surface area (Å²) in [5, 5.41) is 21.3. The van der Waals surface area contributed by atoms with Gasteiger partial charge in [0.15, 0.2) is 6.10 Å². The van der Waals surface area contributed by atoms with Crippen molar-refractivity contribution in [3.8, 4) is 0 Å². The third-order valence-electron chi connectivity index (χ3n) is 3.35. The second kappa shape index (κ2) is 5.59. The fraction of sp³-hybridized carbons (Fsp3) is 0.500. The van der Waals surface area contributed by atoms with Crippen LogP contribution in [0.1, 0.15) is 31.9 Å². The van der Waals surface area contributed by atoms with Crippen molar-refractivity contribution in [2.45, 2.75) is 32.4 Å². The molecule has 2 rings (SSSR count).